The second kappa shape index (κ2) is 5.43. The number of aromatic nitrogens is 2. The van der Waals surface area contributed by atoms with Gasteiger partial charge in [0, 0.05) is 30.7 Å². The van der Waals surface area contributed by atoms with Crippen LogP contribution in [0.1, 0.15) is 33.6 Å². The van der Waals surface area contributed by atoms with E-state index in [1.807, 2.05) is 23.1 Å². The first-order valence-electron chi connectivity index (χ1n) is 8.72. The number of rotatable bonds is 1. The Labute approximate surface area is 142 Å². The van der Waals surface area contributed by atoms with Crippen molar-refractivity contribution < 1.29 is 4.79 Å². The fourth-order valence-electron chi connectivity index (χ4n) is 4.43. The van der Waals surface area contributed by atoms with Crippen LogP contribution in [0.25, 0.3) is 11.0 Å². The molecule has 1 aliphatic carbocycles. The number of anilines is 1. The molecule has 1 aliphatic heterocycles. The molecule has 0 unspecified atom stereocenters. The number of fused-ring (bicyclic) bond motifs is 3. The van der Waals surface area contributed by atoms with Gasteiger partial charge in [0.15, 0.2) is 0 Å². The first-order valence-corrected chi connectivity index (χ1v) is 8.72. The molecule has 126 valence electrons. The van der Waals surface area contributed by atoms with E-state index < -0.39 is 0 Å². The molecular weight excluding hydrogens is 300 g/mol. The minimum atomic E-state index is 0.00985. The van der Waals surface area contributed by atoms with Gasteiger partial charge in [0.1, 0.15) is 0 Å². The molecule has 1 saturated carbocycles. The minimum absolute atomic E-state index is 0.00985. The molecule has 2 heterocycles. The lowest BCUT2D eigenvalue weighted by Gasteiger charge is -2.40. The lowest BCUT2D eigenvalue weighted by atomic mass is 9.65. The SMILES string of the molecule is C[C@H]1[C@H]2C[C@@H](CC1(C)C)N(C(=O)Nc1ccc3nccnc3c1)C2. The van der Waals surface area contributed by atoms with E-state index in [0.717, 1.165) is 36.1 Å². The highest BCUT2D eigenvalue weighted by molar-refractivity contribution is 5.92. The van der Waals surface area contributed by atoms with E-state index in [1.165, 1.54) is 0 Å². The standard InChI is InChI=1S/C19H24N4O/c1-12-13-8-15(10-19(12,2)3)23(11-13)18(24)22-14-4-5-16-17(9-14)21-7-6-20-16/h4-7,9,12-13,15H,8,10-11H2,1-3H3,(H,22,24)/t12-,13-,15-/m0/s1. The highest BCUT2D eigenvalue weighted by Crippen LogP contribution is 2.49. The number of likely N-dealkylation sites (tertiary alicyclic amines) is 1. The predicted molar refractivity (Wildman–Crippen MR) is 94.7 cm³/mol. The smallest absolute Gasteiger partial charge is 0.321 e. The third-order valence-electron chi connectivity index (χ3n) is 6.13. The zero-order valence-corrected chi connectivity index (χ0v) is 14.5. The number of urea groups is 1. The normalized spacial score (nSPS) is 28.1. The molecule has 2 aliphatic rings. The van der Waals surface area contributed by atoms with Gasteiger partial charge in [-0.25, -0.2) is 4.79 Å². The van der Waals surface area contributed by atoms with Crippen LogP contribution >= 0.6 is 0 Å². The Morgan fingerprint density at radius 3 is 2.79 bits per heavy atom. The number of nitrogens with zero attached hydrogens (tertiary/aromatic N) is 3. The second-order valence-electron chi connectivity index (χ2n) is 7.97. The van der Waals surface area contributed by atoms with Gasteiger partial charge in [-0.05, 0) is 48.3 Å². The fraction of sp³-hybridized carbons (Fsp3) is 0.526. The Morgan fingerprint density at radius 1 is 1.25 bits per heavy atom. The number of hydrogen-bond acceptors (Lipinski definition) is 3. The van der Waals surface area contributed by atoms with Crippen molar-refractivity contribution in [1.29, 1.82) is 0 Å². The third-order valence-corrected chi connectivity index (χ3v) is 6.13. The predicted octanol–water partition coefficient (Wildman–Crippen LogP) is 3.92. The van der Waals surface area contributed by atoms with Crippen LogP contribution in [0.2, 0.25) is 0 Å². The summed E-state index contributed by atoms with van der Waals surface area (Å²) in [5.41, 5.74) is 2.72. The van der Waals surface area contributed by atoms with Crippen LogP contribution < -0.4 is 5.32 Å². The lowest BCUT2D eigenvalue weighted by molar-refractivity contribution is 0.104. The number of carbonyl (C=O) groups excluding carboxylic acids is 1. The van der Waals surface area contributed by atoms with Crippen LogP contribution in [0.4, 0.5) is 10.5 Å². The Hall–Kier alpha value is -2.17. The molecule has 2 amide bonds. The van der Waals surface area contributed by atoms with Gasteiger partial charge in [-0.1, -0.05) is 20.8 Å². The molecule has 1 aromatic heterocycles. The van der Waals surface area contributed by atoms with Gasteiger partial charge in [-0.2, -0.15) is 0 Å². The maximum atomic E-state index is 12.8. The number of hydrogen-bond donors (Lipinski definition) is 1. The van der Waals surface area contributed by atoms with E-state index in [-0.39, 0.29) is 6.03 Å². The maximum Gasteiger partial charge on any atom is 0.322 e. The van der Waals surface area contributed by atoms with Crippen LogP contribution in [0.3, 0.4) is 0 Å². The average molecular weight is 324 g/mol. The molecule has 4 rings (SSSR count). The summed E-state index contributed by atoms with van der Waals surface area (Å²) < 4.78 is 0. The van der Waals surface area contributed by atoms with Crippen molar-refractivity contribution in [3.63, 3.8) is 0 Å². The molecule has 24 heavy (non-hydrogen) atoms. The summed E-state index contributed by atoms with van der Waals surface area (Å²) in [5.74, 6) is 1.27. The van der Waals surface area contributed by atoms with Gasteiger partial charge in [0.05, 0.1) is 11.0 Å². The monoisotopic (exact) mass is 324 g/mol. The van der Waals surface area contributed by atoms with E-state index in [2.05, 4.69) is 36.1 Å². The summed E-state index contributed by atoms with van der Waals surface area (Å²) in [4.78, 5) is 23.4. The van der Waals surface area contributed by atoms with Gasteiger partial charge in [0.2, 0.25) is 0 Å². The molecule has 0 radical (unpaired) electrons. The number of amides is 2. The van der Waals surface area contributed by atoms with Crippen LogP contribution in [0.15, 0.2) is 30.6 Å². The van der Waals surface area contributed by atoms with E-state index in [0.29, 0.717) is 23.3 Å². The Balaban J connectivity index is 1.52. The van der Waals surface area contributed by atoms with Crippen molar-refractivity contribution in [2.24, 2.45) is 17.3 Å². The molecular formula is C19H24N4O. The maximum absolute atomic E-state index is 12.8. The summed E-state index contributed by atoms with van der Waals surface area (Å²) in [5, 5.41) is 3.05. The molecule has 0 spiro atoms. The quantitative estimate of drug-likeness (QED) is 0.865. The summed E-state index contributed by atoms with van der Waals surface area (Å²) >= 11 is 0. The van der Waals surface area contributed by atoms with E-state index in [1.54, 1.807) is 12.4 Å². The molecule has 5 heteroatoms. The molecule has 2 fully saturated rings. The summed E-state index contributed by atoms with van der Waals surface area (Å²) in [7, 11) is 0. The van der Waals surface area contributed by atoms with Crippen molar-refractivity contribution in [3.8, 4) is 0 Å². The number of carbonyl (C=O) groups is 1. The van der Waals surface area contributed by atoms with Crippen LogP contribution in [0, 0.1) is 17.3 Å². The molecule has 3 atom stereocenters. The van der Waals surface area contributed by atoms with Crippen molar-refractivity contribution in [1.82, 2.24) is 14.9 Å². The third kappa shape index (κ3) is 2.52. The average Bonchev–Trinajstić information content (AvgIpc) is 2.92. The zero-order valence-electron chi connectivity index (χ0n) is 14.5. The topological polar surface area (TPSA) is 58.1 Å². The molecule has 5 nitrogen and oxygen atoms in total. The molecule has 1 saturated heterocycles. The van der Waals surface area contributed by atoms with Crippen molar-refractivity contribution in [2.45, 2.75) is 39.7 Å². The minimum Gasteiger partial charge on any atom is -0.321 e. The van der Waals surface area contributed by atoms with E-state index in [4.69, 9.17) is 0 Å². The first-order chi connectivity index (χ1) is 11.4. The molecule has 2 aromatic rings. The second-order valence-corrected chi connectivity index (χ2v) is 7.97. The summed E-state index contributed by atoms with van der Waals surface area (Å²) in [6.07, 6.45) is 5.57. The van der Waals surface area contributed by atoms with Gasteiger partial charge < -0.3 is 10.2 Å². The highest BCUT2D eigenvalue weighted by Gasteiger charge is 2.48. The highest BCUT2D eigenvalue weighted by atomic mass is 16.2. The fourth-order valence-corrected chi connectivity index (χ4v) is 4.43. The van der Waals surface area contributed by atoms with Crippen molar-refractivity contribution in [2.75, 3.05) is 11.9 Å². The first kappa shape index (κ1) is 15.4. The largest absolute Gasteiger partial charge is 0.322 e. The zero-order chi connectivity index (χ0) is 16.9. The van der Waals surface area contributed by atoms with Crippen LogP contribution in [-0.2, 0) is 0 Å². The molecule has 1 aromatic carbocycles. The van der Waals surface area contributed by atoms with Gasteiger partial charge >= 0.3 is 6.03 Å². The van der Waals surface area contributed by atoms with Crippen molar-refractivity contribution in [3.05, 3.63) is 30.6 Å². The summed E-state index contributed by atoms with van der Waals surface area (Å²) in [6.45, 7) is 7.87. The van der Waals surface area contributed by atoms with E-state index in [9.17, 15) is 4.79 Å². The van der Waals surface area contributed by atoms with Crippen LogP contribution in [0.5, 0.6) is 0 Å². The van der Waals surface area contributed by atoms with Gasteiger partial charge in [-0.3, -0.25) is 9.97 Å². The Bertz CT molecular complexity index is 788. The van der Waals surface area contributed by atoms with Gasteiger partial charge in [-0.15, -0.1) is 0 Å². The van der Waals surface area contributed by atoms with Gasteiger partial charge in [0.25, 0.3) is 0 Å². The molecule has 1 N–H and O–H groups in total. The molecule has 2 bridgehead atoms. The number of nitrogens with one attached hydrogen (secondary N) is 1. The van der Waals surface area contributed by atoms with E-state index >= 15 is 0 Å². The number of benzene rings is 1. The van der Waals surface area contributed by atoms with Crippen molar-refractivity contribution >= 4 is 22.8 Å². The Kier molecular flexibility index (Phi) is 3.48. The Morgan fingerprint density at radius 2 is 2.00 bits per heavy atom. The van der Waals surface area contributed by atoms with Crippen LogP contribution in [-0.4, -0.2) is 33.5 Å². The lowest BCUT2D eigenvalue weighted by Crippen LogP contribution is -2.41. The summed E-state index contributed by atoms with van der Waals surface area (Å²) in [6, 6.07) is 6.04.